The van der Waals surface area contributed by atoms with Crippen LogP contribution in [0.25, 0.3) is 0 Å². The fraction of sp³-hybridized carbons (Fsp3) is 0.609. The normalized spacial score (nSPS) is 24.0. The van der Waals surface area contributed by atoms with Crippen LogP contribution in [0.15, 0.2) is 24.3 Å². The van der Waals surface area contributed by atoms with Gasteiger partial charge in [0.25, 0.3) is 0 Å². The minimum atomic E-state index is -0.705. The number of carbonyl (C=O) groups is 3. The number of carbonyl (C=O) groups excluding carboxylic acids is 3. The summed E-state index contributed by atoms with van der Waals surface area (Å²) in [6.45, 7) is 10.3. The lowest BCUT2D eigenvalue weighted by Crippen LogP contribution is -2.63. The molecule has 3 amide bonds. The van der Waals surface area contributed by atoms with Crippen LogP contribution in [0.2, 0.25) is 0 Å². The maximum Gasteiger partial charge on any atom is 0.242 e. The summed E-state index contributed by atoms with van der Waals surface area (Å²) < 4.78 is 13.1. The first kappa shape index (κ1) is 23.2. The van der Waals surface area contributed by atoms with Crippen molar-refractivity contribution >= 4 is 23.4 Å². The van der Waals surface area contributed by atoms with Gasteiger partial charge in [0.2, 0.25) is 17.7 Å². The Morgan fingerprint density at radius 1 is 1.13 bits per heavy atom. The first-order chi connectivity index (χ1) is 14.3. The number of hydrogen-bond donors (Lipinski definition) is 3. The van der Waals surface area contributed by atoms with Crippen LogP contribution >= 0.6 is 0 Å². The highest BCUT2D eigenvalue weighted by Gasteiger charge is 2.39. The van der Waals surface area contributed by atoms with Crippen molar-refractivity contribution in [2.75, 3.05) is 11.4 Å². The van der Waals surface area contributed by atoms with Gasteiger partial charge in [-0.2, -0.15) is 0 Å². The highest BCUT2D eigenvalue weighted by Crippen LogP contribution is 2.29. The maximum absolute atomic E-state index is 13.1. The van der Waals surface area contributed by atoms with Crippen molar-refractivity contribution in [3.8, 4) is 0 Å². The van der Waals surface area contributed by atoms with Crippen molar-refractivity contribution < 1.29 is 18.8 Å². The van der Waals surface area contributed by atoms with Crippen LogP contribution in [-0.2, 0) is 14.4 Å². The van der Waals surface area contributed by atoms with Crippen molar-refractivity contribution in [3.63, 3.8) is 0 Å². The zero-order chi connectivity index (χ0) is 23.0. The Bertz CT molecular complexity index is 837. The Hall–Kier alpha value is -2.48. The summed E-state index contributed by atoms with van der Waals surface area (Å²) in [5.74, 6) is -1.68. The van der Waals surface area contributed by atoms with E-state index in [1.54, 1.807) is 6.92 Å². The lowest BCUT2D eigenvalue weighted by molar-refractivity contribution is -0.131. The predicted octanol–water partition coefficient (Wildman–Crippen LogP) is 2.11. The molecule has 0 radical (unpaired) electrons. The SMILES string of the molecule is CC(NC(=O)C1CC(=O)N(c2ccc(F)cc2)C1)C(=O)NC1CC(C)(C)NC(C)(C)C1. The second kappa shape index (κ2) is 8.57. The highest BCUT2D eigenvalue weighted by atomic mass is 19.1. The molecule has 2 atom stereocenters. The largest absolute Gasteiger partial charge is 0.351 e. The molecular weight excluding hydrogens is 399 g/mol. The molecule has 8 heteroatoms. The molecule has 170 valence electrons. The van der Waals surface area contributed by atoms with E-state index in [0.29, 0.717) is 5.69 Å². The van der Waals surface area contributed by atoms with Crippen LogP contribution < -0.4 is 20.9 Å². The Kier molecular flexibility index (Phi) is 6.41. The summed E-state index contributed by atoms with van der Waals surface area (Å²) in [4.78, 5) is 39.2. The molecule has 2 unspecified atom stereocenters. The van der Waals surface area contributed by atoms with Gasteiger partial charge >= 0.3 is 0 Å². The number of nitrogens with zero attached hydrogens (tertiary/aromatic N) is 1. The molecule has 0 spiro atoms. The second-order valence-corrected chi connectivity index (χ2v) is 10.1. The molecule has 0 aliphatic carbocycles. The van der Waals surface area contributed by atoms with Crippen LogP contribution in [0.4, 0.5) is 10.1 Å². The third kappa shape index (κ3) is 5.81. The Morgan fingerprint density at radius 3 is 2.29 bits per heavy atom. The van der Waals surface area contributed by atoms with E-state index in [-0.39, 0.29) is 53.6 Å². The Labute approximate surface area is 183 Å². The van der Waals surface area contributed by atoms with Crippen LogP contribution in [0.1, 0.15) is 53.9 Å². The topological polar surface area (TPSA) is 90.5 Å². The van der Waals surface area contributed by atoms with Crippen molar-refractivity contribution in [1.29, 1.82) is 0 Å². The van der Waals surface area contributed by atoms with Crippen LogP contribution in [0, 0.1) is 11.7 Å². The summed E-state index contributed by atoms with van der Waals surface area (Å²) in [5.41, 5.74) is 0.365. The molecule has 2 heterocycles. The van der Waals surface area contributed by atoms with Gasteiger partial charge in [-0.05, 0) is 71.7 Å². The molecule has 31 heavy (non-hydrogen) atoms. The Balaban J connectivity index is 1.54. The van der Waals surface area contributed by atoms with Crippen molar-refractivity contribution in [2.24, 2.45) is 5.92 Å². The average Bonchev–Trinajstić information content (AvgIpc) is 3.01. The molecule has 0 aromatic heterocycles. The molecule has 7 nitrogen and oxygen atoms in total. The van der Waals surface area contributed by atoms with E-state index in [4.69, 9.17) is 0 Å². The summed E-state index contributed by atoms with van der Waals surface area (Å²) in [5, 5.41) is 9.40. The minimum Gasteiger partial charge on any atom is -0.351 e. The van der Waals surface area contributed by atoms with E-state index < -0.39 is 12.0 Å². The number of benzene rings is 1. The quantitative estimate of drug-likeness (QED) is 0.665. The molecule has 2 aliphatic rings. The first-order valence-electron chi connectivity index (χ1n) is 10.8. The fourth-order valence-corrected chi connectivity index (χ4v) is 4.90. The van der Waals surface area contributed by atoms with Gasteiger partial charge < -0.3 is 20.9 Å². The Morgan fingerprint density at radius 2 is 1.71 bits per heavy atom. The average molecular weight is 433 g/mol. The maximum atomic E-state index is 13.1. The molecule has 0 saturated carbocycles. The van der Waals surface area contributed by atoms with Gasteiger partial charge in [-0.25, -0.2) is 4.39 Å². The van der Waals surface area contributed by atoms with E-state index in [9.17, 15) is 18.8 Å². The number of rotatable bonds is 5. The zero-order valence-corrected chi connectivity index (χ0v) is 18.9. The van der Waals surface area contributed by atoms with E-state index in [2.05, 4.69) is 43.6 Å². The summed E-state index contributed by atoms with van der Waals surface area (Å²) >= 11 is 0. The van der Waals surface area contributed by atoms with Gasteiger partial charge in [0.15, 0.2) is 0 Å². The molecule has 3 rings (SSSR count). The first-order valence-corrected chi connectivity index (χ1v) is 10.8. The van der Waals surface area contributed by atoms with E-state index >= 15 is 0 Å². The third-order valence-electron chi connectivity index (χ3n) is 5.92. The number of nitrogens with one attached hydrogen (secondary N) is 3. The number of halogens is 1. The number of anilines is 1. The van der Waals surface area contributed by atoms with Crippen molar-refractivity contribution in [1.82, 2.24) is 16.0 Å². The standard InChI is InChI=1S/C23H33FN4O3/c1-14(20(30)26-17-11-22(2,3)27-23(4,5)12-17)25-21(31)15-10-19(29)28(13-15)18-8-6-16(24)7-9-18/h6-9,14-15,17,27H,10-13H2,1-5H3,(H,25,31)(H,26,30). The molecule has 2 aliphatic heterocycles. The smallest absolute Gasteiger partial charge is 0.242 e. The van der Waals surface area contributed by atoms with E-state index in [1.165, 1.54) is 29.2 Å². The van der Waals surface area contributed by atoms with Crippen molar-refractivity contribution in [2.45, 2.75) is 77.0 Å². The predicted molar refractivity (Wildman–Crippen MR) is 117 cm³/mol. The number of piperidine rings is 1. The molecule has 1 aromatic carbocycles. The van der Waals surface area contributed by atoms with Gasteiger partial charge in [0.05, 0.1) is 5.92 Å². The van der Waals surface area contributed by atoms with Crippen molar-refractivity contribution in [3.05, 3.63) is 30.1 Å². The van der Waals surface area contributed by atoms with Crippen LogP contribution in [0.3, 0.4) is 0 Å². The number of amides is 3. The molecule has 3 N–H and O–H groups in total. The molecule has 0 bridgehead atoms. The van der Waals surface area contributed by atoms with E-state index in [0.717, 1.165) is 12.8 Å². The van der Waals surface area contributed by atoms with Crippen LogP contribution in [-0.4, -0.2) is 47.4 Å². The fourth-order valence-electron chi connectivity index (χ4n) is 4.90. The highest BCUT2D eigenvalue weighted by molar-refractivity contribution is 6.01. The minimum absolute atomic E-state index is 0.0140. The summed E-state index contributed by atoms with van der Waals surface area (Å²) in [7, 11) is 0. The monoisotopic (exact) mass is 432 g/mol. The van der Waals surface area contributed by atoms with E-state index in [1.807, 2.05) is 0 Å². The van der Waals surface area contributed by atoms with Gasteiger partial charge in [-0.1, -0.05) is 0 Å². The van der Waals surface area contributed by atoms with Gasteiger partial charge in [-0.15, -0.1) is 0 Å². The lowest BCUT2D eigenvalue weighted by atomic mass is 9.79. The third-order valence-corrected chi connectivity index (χ3v) is 5.92. The van der Waals surface area contributed by atoms with Gasteiger partial charge in [0.1, 0.15) is 11.9 Å². The molecular formula is C23H33FN4O3. The number of hydrogen-bond acceptors (Lipinski definition) is 4. The lowest BCUT2D eigenvalue weighted by Gasteiger charge is -2.46. The zero-order valence-electron chi connectivity index (χ0n) is 18.9. The van der Waals surface area contributed by atoms with Gasteiger partial charge in [0, 0.05) is 35.8 Å². The second-order valence-electron chi connectivity index (χ2n) is 10.1. The molecule has 2 saturated heterocycles. The van der Waals surface area contributed by atoms with Crippen LogP contribution in [0.5, 0.6) is 0 Å². The molecule has 2 fully saturated rings. The summed E-state index contributed by atoms with van der Waals surface area (Å²) in [6.07, 6.45) is 1.66. The van der Waals surface area contributed by atoms with Gasteiger partial charge in [-0.3, -0.25) is 14.4 Å². The molecule has 1 aromatic rings. The summed E-state index contributed by atoms with van der Waals surface area (Å²) in [6, 6.07) is 4.91.